The molecule has 6 saturated heterocycles. The number of carboxylic acids is 2. The predicted octanol–water partition coefficient (Wildman–Crippen LogP) is 5.82. The van der Waals surface area contributed by atoms with E-state index in [0.717, 1.165) is 111 Å². The van der Waals surface area contributed by atoms with Gasteiger partial charge in [0.1, 0.15) is 24.6 Å². The number of quaternary nitrogens is 2. The van der Waals surface area contributed by atoms with Crippen LogP contribution in [-0.2, 0) is 39.9 Å². The van der Waals surface area contributed by atoms with Crippen LogP contribution in [-0.4, -0.2) is 121 Å². The Balaban J connectivity index is 0.000000173. The summed E-state index contributed by atoms with van der Waals surface area (Å²) in [5.41, 5.74) is -3.47. The summed E-state index contributed by atoms with van der Waals surface area (Å²) >= 11 is 5.53. The van der Waals surface area contributed by atoms with Crippen molar-refractivity contribution < 1.29 is 67.5 Å². The van der Waals surface area contributed by atoms with Crippen LogP contribution in [0.1, 0.15) is 58.0 Å². The van der Waals surface area contributed by atoms with E-state index < -0.39 is 35.1 Å². The molecular weight excluding hydrogens is 997 g/mol. The van der Waals surface area contributed by atoms with Gasteiger partial charge in [-0.25, -0.2) is 9.59 Å². The molecule has 10 heterocycles. The first-order chi connectivity index (χ1) is 34.8. The van der Waals surface area contributed by atoms with Gasteiger partial charge in [0.15, 0.2) is 12.2 Å². The van der Waals surface area contributed by atoms with Crippen molar-refractivity contribution in [1.29, 1.82) is 0 Å². The topological polar surface area (TPSA) is 192 Å². The van der Waals surface area contributed by atoms with E-state index in [1.807, 2.05) is 131 Å². The summed E-state index contributed by atoms with van der Waals surface area (Å²) in [6.45, 7) is 9.59. The highest BCUT2D eigenvalue weighted by molar-refractivity contribution is 7.12. The third-order valence-electron chi connectivity index (χ3n) is 14.4. The Bertz CT molecular complexity index is 2360. The number of fused-ring (bicyclic) bond motifs is 6. The van der Waals surface area contributed by atoms with Gasteiger partial charge in [-0.1, -0.05) is 60.7 Å². The number of hydrogen-bond acceptors (Lipinski definition) is 16. The number of carbonyl (C=O) groups is 4. The van der Waals surface area contributed by atoms with Crippen molar-refractivity contribution in [3.05, 3.63) is 150 Å². The Kier molecular flexibility index (Phi) is 17.7. The summed E-state index contributed by atoms with van der Waals surface area (Å²) in [5, 5.41) is 48.5. The van der Waals surface area contributed by atoms with Gasteiger partial charge in [0.25, 0.3) is 0 Å². The molecule has 14 nitrogen and oxygen atoms in total. The number of aliphatic hydroxyl groups is 2. The molecule has 72 heavy (non-hydrogen) atoms. The molecule has 12 rings (SSSR count). The van der Waals surface area contributed by atoms with Crippen molar-refractivity contribution in [2.75, 3.05) is 65.6 Å². The molecule has 6 fully saturated rings. The zero-order valence-corrected chi connectivity index (χ0v) is 43.1. The van der Waals surface area contributed by atoms with Crippen LogP contribution in [0.15, 0.2) is 131 Å². The van der Waals surface area contributed by atoms with Crippen LogP contribution in [0.25, 0.3) is 0 Å². The molecule has 6 aliphatic rings. The average Bonchev–Trinajstić information content (AvgIpc) is 4.28. The number of para-hydroxylation sites is 2. The number of ether oxygens (including phenoxy) is 4. The van der Waals surface area contributed by atoms with E-state index in [4.69, 9.17) is 38.7 Å². The fraction of sp³-hybridized carbons (Fsp3) is 0.407. The highest BCUT2D eigenvalue weighted by atomic mass is 32.1. The second-order valence-corrected chi connectivity index (χ2v) is 22.7. The van der Waals surface area contributed by atoms with Gasteiger partial charge < -0.3 is 57.9 Å². The van der Waals surface area contributed by atoms with Crippen molar-refractivity contribution >= 4 is 69.2 Å². The van der Waals surface area contributed by atoms with E-state index in [9.17, 15) is 19.8 Å². The number of hydrogen-bond donors (Lipinski definition) is 2. The number of rotatable bonds is 18. The average molecular weight is 1060 g/mol. The number of esters is 2. The van der Waals surface area contributed by atoms with Crippen molar-refractivity contribution in [3.8, 4) is 11.5 Å². The molecule has 4 bridgehead atoms. The smallest absolute Gasteiger partial charge is 0.349 e. The molecule has 2 unspecified atom stereocenters. The van der Waals surface area contributed by atoms with Crippen LogP contribution < -0.4 is 19.7 Å². The number of nitrogens with zero attached hydrogens (tertiary/aromatic N) is 2. The molecule has 18 heteroatoms. The summed E-state index contributed by atoms with van der Waals surface area (Å²) < 4.78 is 26.0. The molecule has 2 N–H and O–H groups in total. The molecule has 0 spiro atoms. The van der Waals surface area contributed by atoms with Crippen molar-refractivity contribution in [2.24, 2.45) is 11.8 Å². The van der Waals surface area contributed by atoms with E-state index in [1.54, 1.807) is 0 Å². The van der Waals surface area contributed by atoms with E-state index in [2.05, 4.69) is 0 Å². The van der Waals surface area contributed by atoms with Crippen LogP contribution in [0.2, 0.25) is 0 Å². The maximum Gasteiger partial charge on any atom is 0.349 e. The van der Waals surface area contributed by atoms with Gasteiger partial charge in [-0.05, 0) is 70.1 Å². The van der Waals surface area contributed by atoms with Crippen molar-refractivity contribution in [2.45, 2.75) is 61.9 Å². The lowest BCUT2D eigenvalue weighted by atomic mass is 9.83. The summed E-state index contributed by atoms with van der Waals surface area (Å²) in [6.07, 6.45) is 5.88. The first-order valence-corrected chi connectivity index (χ1v) is 27.9. The monoisotopic (exact) mass is 1060 g/mol. The zero-order chi connectivity index (χ0) is 50.6. The number of benzene rings is 2. The minimum atomic E-state index is -2.19. The van der Waals surface area contributed by atoms with Crippen LogP contribution in [0.3, 0.4) is 0 Å². The number of thiophene rings is 4. The van der Waals surface area contributed by atoms with Gasteiger partial charge in [0, 0.05) is 50.4 Å². The highest BCUT2D eigenvalue weighted by Gasteiger charge is 2.53. The molecule has 0 saturated carbocycles. The Morgan fingerprint density at radius 1 is 0.500 bits per heavy atom. The largest absolute Gasteiger partial charge is 0.543 e. The van der Waals surface area contributed by atoms with Crippen LogP contribution >= 0.6 is 45.3 Å². The van der Waals surface area contributed by atoms with Gasteiger partial charge in [-0.3, -0.25) is 0 Å². The fourth-order valence-electron chi connectivity index (χ4n) is 10.6. The Morgan fingerprint density at radius 3 is 1.10 bits per heavy atom. The third kappa shape index (κ3) is 12.5. The first-order valence-electron chi connectivity index (χ1n) is 24.3. The number of aliphatic carboxylic acids is 2. The first kappa shape index (κ1) is 52.9. The third-order valence-corrected chi connectivity index (χ3v) is 18.4. The molecule has 2 aromatic carbocycles. The second kappa shape index (κ2) is 24.1. The normalized spacial score (nSPS) is 23.1. The van der Waals surface area contributed by atoms with Gasteiger partial charge in [0.2, 0.25) is 11.2 Å². The molecule has 6 aliphatic heterocycles. The summed E-state index contributed by atoms with van der Waals surface area (Å²) in [4.78, 5) is 47.2. The van der Waals surface area contributed by atoms with Crippen LogP contribution in [0.4, 0.5) is 0 Å². The lowest BCUT2D eigenvalue weighted by Crippen LogP contribution is -2.65. The SMILES string of the molecule is O=C(OC1C[N+]2(CCCOc3ccccc3)CCC1CC2)C(O)(c1cccs1)c1cccs1.O=C(OC1C[N+]2(CCCOc3ccccc3)CCC1CC2)C(O)(c1cccs1)c1cccs1.O=C([O-])C(=O)[O-]. The fourth-order valence-corrected chi connectivity index (χ4v) is 14.0. The summed E-state index contributed by atoms with van der Waals surface area (Å²) in [7, 11) is 0. The molecule has 0 radical (unpaired) electrons. The number of carboxylic acid groups (broad SMARTS) is 2. The van der Waals surface area contributed by atoms with Gasteiger partial charge in [-0.2, -0.15) is 0 Å². The predicted molar refractivity (Wildman–Crippen MR) is 271 cm³/mol. The lowest BCUT2D eigenvalue weighted by Gasteiger charge is -2.52. The van der Waals surface area contributed by atoms with E-state index >= 15 is 0 Å². The highest BCUT2D eigenvalue weighted by Crippen LogP contribution is 2.42. The van der Waals surface area contributed by atoms with Crippen molar-refractivity contribution in [3.63, 3.8) is 0 Å². The Morgan fingerprint density at radius 2 is 0.819 bits per heavy atom. The minimum Gasteiger partial charge on any atom is -0.543 e. The molecule has 382 valence electrons. The van der Waals surface area contributed by atoms with Crippen LogP contribution in [0.5, 0.6) is 11.5 Å². The maximum atomic E-state index is 13.4. The number of carbonyl (C=O) groups excluding carboxylic acids is 4. The van der Waals surface area contributed by atoms with Gasteiger partial charge in [-0.15, -0.1) is 45.3 Å². The molecule has 0 amide bonds. The molecule has 6 aromatic rings. The molecule has 4 aromatic heterocycles. The van der Waals surface area contributed by atoms with Gasteiger partial charge >= 0.3 is 11.9 Å². The second-order valence-electron chi connectivity index (χ2n) is 18.9. The lowest BCUT2D eigenvalue weighted by molar-refractivity contribution is -0.946. The molecule has 2 atom stereocenters. The Hall–Kier alpha value is -5.44. The van der Waals surface area contributed by atoms with E-state index in [-0.39, 0.29) is 12.2 Å². The zero-order valence-electron chi connectivity index (χ0n) is 39.8. The maximum absolute atomic E-state index is 13.4. The van der Waals surface area contributed by atoms with Crippen molar-refractivity contribution in [1.82, 2.24) is 0 Å². The molecular formula is C54H60N2O12S4. The Labute approximate surface area is 435 Å². The minimum absolute atomic E-state index is 0.151. The summed E-state index contributed by atoms with van der Waals surface area (Å²) in [6, 6.07) is 34.5. The van der Waals surface area contributed by atoms with Gasteiger partial charge in [0.05, 0.1) is 83.9 Å². The summed E-state index contributed by atoms with van der Waals surface area (Å²) in [5.74, 6) is -2.89. The number of piperidine rings is 6. The van der Waals surface area contributed by atoms with E-state index in [1.165, 1.54) is 45.3 Å². The van der Waals surface area contributed by atoms with Crippen LogP contribution in [0, 0.1) is 11.8 Å². The molecule has 0 aliphatic carbocycles. The quantitative estimate of drug-likeness (QED) is 0.0455. The standard InChI is InChI=1S/2C26H30NO4S2.C2H2O4/c2*28-25(26(29,23-9-4-17-32-23)24-10-5-18-33-24)31-22-19-27(14-11-20(22)12-15-27)13-6-16-30-21-7-2-1-3-8-21;3-1(4)2(5)6/h2*1-5,7-10,17-18,20,22,29H,6,11-16,19H2;(H,3,4)(H,5,6)/q2*+1;/p-2. The van der Waals surface area contributed by atoms with E-state index in [0.29, 0.717) is 44.6 Å².